The Morgan fingerprint density at radius 3 is 2.56 bits per heavy atom. The zero-order chi connectivity index (χ0) is 18.6. The molecule has 0 spiro atoms. The normalized spacial score (nSPS) is 11.0. The van der Waals surface area contributed by atoms with Crippen molar-refractivity contribution in [2.45, 2.75) is 6.18 Å². The topological polar surface area (TPSA) is 81.5 Å². The van der Waals surface area contributed by atoms with Crippen LogP contribution >= 0.6 is 0 Å². The zero-order valence-corrected chi connectivity index (χ0v) is 12.3. The lowest BCUT2D eigenvalue weighted by Crippen LogP contribution is -2.21. The molecule has 0 saturated heterocycles. The van der Waals surface area contributed by atoms with Crippen LogP contribution in [0.15, 0.2) is 42.5 Å². The highest BCUT2D eigenvalue weighted by molar-refractivity contribution is 5.92. The van der Waals surface area contributed by atoms with E-state index < -0.39 is 46.4 Å². The van der Waals surface area contributed by atoms with Gasteiger partial charge in [0.25, 0.3) is 11.6 Å². The smallest absolute Gasteiger partial charge is 0.416 e. The Kier molecular flexibility index (Phi) is 5.20. The van der Waals surface area contributed by atoms with Crippen LogP contribution in [0.2, 0.25) is 0 Å². The number of alkyl halides is 3. The van der Waals surface area contributed by atoms with E-state index >= 15 is 0 Å². The molecule has 0 unspecified atom stereocenters. The predicted molar refractivity (Wildman–Crippen MR) is 78.6 cm³/mol. The first-order chi connectivity index (χ1) is 11.7. The number of rotatable bonds is 5. The first-order valence-electron chi connectivity index (χ1n) is 6.70. The summed E-state index contributed by atoms with van der Waals surface area (Å²) in [7, 11) is 0. The van der Waals surface area contributed by atoms with Crippen molar-refractivity contribution in [2.24, 2.45) is 0 Å². The summed E-state index contributed by atoms with van der Waals surface area (Å²) in [6.45, 7) is -0.705. The molecule has 0 aliphatic carbocycles. The number of benzene rings is 2. The minimum Gasteiger partial charge on any atom is -0.484 e. The summed E-state index contributed by atoms with van der Waals surface area (Å²) >= 11 is 0. The van der Waals surface area contributed by atoms with E-state index in [1.54, 1.807) is 0 Å². The first-order valence-corrected chi connectivity index (χ1v) is 6.70. The standard InChI is InChI=1S/C15H10F4N2O4/c16-12-5-4-10(21(23)24)7-13(12)20-14(22)8-25-11-3-1-2-9(6-11)15(17,18)19/h1-7H,8H2,(H,20,22). The van der Waals surface area contributed by atoms with Crippen LogP contribution in [0.25, 0.3) is 0 Å². The van der Waals surface area contributed by atoms with E-state index in [1.165, 1.54) is 6.07 Å². The fourth-order valence-electron chi connectivity index (χ4n) is 1.82. The van der Waals surface area contributed by atoms with Gasteiger partial charge in [-0.15, -0.1) is 0 Å². The molecule has 1 N–H and O–H groups in total. The molecule has 0 atom stereocenters. The third-order valence-electron chi connectivity index (χ3n) is 2.97. The average molecular weight is 358 g/mol. The van der Waals surface area contributed by atoms with E-state index in [0.29, 0.717) is 6.07 Å². The second-order valence-electron chi connectivity index (χ2n) is 4.78. The maximum atomic E-state index is 13.5. The number of amides is 1. The Balaban J connectivity index is 2.02. The number of halogens is 4. The highest BCUT2D eigenvalue weighted by atomic mass is 19.4. The number of carbonyl (C=O) groups excluding carboxylic acids is 1. The van der Waals surface area contributed by atoms with Crippen molar-refractivity contribution in [3.05, 3.63) is 64.0 Å². The van der Waals surface area contributed by atoms with Gasteiger partial charge in [-0.3, -0.25) is 14.9 Å². The number of anilines is 1. The Labute approximate surface area is 138 Å². The number of hydrogen-bond acceptors (Lipinski definition) is 4. The first kappa shape index (κ1) is 18.2. The molecular formula is C15H10F4N2O4. The summed E-state index contributed by atoms with van der Waals surface area (Å²) in [6.07, 6.45) is -4.56. The van der Waals surface area contributed by atoms with Gasteiger partial charge >= 0.3 is 6.18 Å². The summed E-state index contributed by atoms with van der Waals surface area (Å²) in [5.41, 5.74) is -1.82. The van der Waals surface area contributed by atoms with Gasteiger partial charge in [-0.2, -0.15) is 13.2 Å². The number of hydrogen-bond donors (Lipinski definition) is 1. The average Bonchev–Trinajstić information content (AvgIpc) is 2.54. The van der Waals surface area contributed by atoms with E-state index in [2.05, 4.69) is 5.32 Å². The number of nitrogens with zero attached hydrogens (tertiary/aromatic N) is 1. The molecule has 0 bridgehead atoms. The minimum atomic E-state index is -4.56. The summed E-state index contributed by atoms with van der Waals surface area (Å²) in [4.78, 5) is 21.6. The van der Waals surface area contributed by atoms with Crippen molar-refractivity contribution in [1.82, 2.24) is 0 Å². The molecule has 2 aromatic carbocycles. The van der Waals surface area contributed by atoms with Gasteiger partial charge in [-0.1, -0.05) is 6.07 Å². The molecule has 25 heavy (non-hydrogen) atoms. The second kappa shape index (κ2) is 7.16. The summed E-state index contributed by atoms with van der Waals surface area (Å²) in [5.74, 6) is -2.00. The van der Waals surface area contributed by atoms with Crippen molar-refractivity contribution in [3.63, 3.8) is 0 Å². The molecule has 0 fully saturated rings. The summed E-state index contributed by atoms with van der Waals surface area (Å²) in [6, 6.07) is 6.42. The largest absolute Gasteiger partial charge is 0.484 e. The minimum absolute atomic E-state index is 0.204. The van der Waals surface area contributed by atoms with Crippen LogP contribution in [0.5, 0.6) is 5.75 Å². The van der Waals surface area contributed by atoms with Gasteiger partial charge in [0.15, 0.2) is 6.61 Å². The molecule has 1 amide bonds. The lowest BCUT2D eigenvalue weighted by molar-refractivity contribution is -0.384. The lowest BCUT2D eigenvalue weighted by Gasteiger charge is -2.10. The molecule has 0 saturated carbocycles. The SMILES string of the molecule is O=C(COc1cccc(C(F)(F)F)c1)Nc1cc([N+](=O)[O-])ccc1F. The molecule has 132 valence electrons. The maximum Gasteiger partial charge on any atom is 0.416 e. The van der Waals surface area contributed by atoms with E-state index in [0.717, 1.165) is 30.3 Å². The zero-order valence-electron chi connectivity index (χ0n) is 12.3. The summed E-state index contributed by atoms with van der Waals surface area (Å²) < 4.78 is 56.2. The van der Waals surface area contributed by atoms with Gasteiger partial charge in [0.05, 0.1) is 16.2 Å². The Hall–Kier alpha value is -3.17. The highest BCUT2D eigenvalue weighted by Crippen LogP contribution is 2.31. The summed E-state index contributed by atoms with van der Waals surface area (Å²) in [5, 5.41) is 12.7. The van der Waals surface area contributed by atoms with E-state index in [4.69, 9.17) is 4.74 Å². The van der Waals surface area contributed by atoms with Gasteiger partial charge in [0, 0.05) is 12.1 Å². The predicted octanol–water partition coefficient (Wildman–Crippen LogP) is 3.77. The molecule has 2 aromatic rings. The molecule has 10 heteroatoms. The third kappa shape index (κ3) is 4.90. The van der Waals surface area contributed by atoms with Crippen LogP contribution < -0.4 is 10.1 Å². The fraction of sp³-hybridized carbons (Fsp3) is 0.133. The van der Waals surface area contributed by atoms with Crippen molar-refractivity contribution in [1.29, 1.82) is 0 Å². The molecule has 2 rings (SSSR count). The number of non-ortho nitro benzene ring substituents is 1. The molecule has 0 aliphatic rings. The number of carbonyl (C=O) groups is 1. The van der Waals surface area contributed by atoms with Gasteiger partial charge < -0.3 is 10.1 Å². The van der Waals surface area contributed by atoms with E-state index in [-0.39, 0.29) is 5.75 Å². The van der Waals surface area contributed by atoms with Crippen molar-refractivity contribution >= 4 is 17.3 Å². The molecular weight excluding hydrogens is 348 g/mol. The van der Waals surface area contributed by atoms with Gasteiger partial charge in [-0.05, 0) is 24.3 Å². The van der Waals surface area contributed by atoms with Crippen LogP contribution in [0.3, 0.4) is 0 Å². The van der Waals surface area contributed by atoms with Gasteiger partial charge in [0.2, 0.25) is 0 Å². The van der Waals surface area contributed by atoms with Crippen LogP contribution in [0, 0.1) is 15.9 Å². The number of nitro benzene ring substituents is 1. The van der Waals surface area contributed by atoms with Crippen molar-refractivity contribution in [2.75, 3.05) is 11.9 Å². The number of nitro groups is 1. The highest BCUT2D eigenvalue weighted by Gasteiger charge is 2.30. The van der Waals surface area contributed by atoms with Crippen molar-refractivity contribution in [3.8, 4) is 5.75 Å². The number of nitrogens with one attached hydrogen (secondary N) is 1. The Morgan fingerprint density at radius 2 is 1.92 bits per heavy atom. The molecule has 0 heterocycles. The lowest BCUT2D eigenvalue weighted by atomic mass is 10.2. The van der Waals surface area contributed by atoms with Crippen LogP contribution in [-0.4, -0.2) is 17.4 Å². The van der Waals surface area contributed by atoms with Crippen molar-refractivity contribution < 1.29 is 32.0 Å². The number of ether oxygens (including phenoxy) is 1. The third-order valence-corrected chi connectivity index (χ3v) is 2.97. The van der Waals surface area contributed by atoms with E-state index in [9.17, 15) is 32.5 Å². The monoisotopic (exact) mass is 358 g/mol. The van der Waals surface area contributed by atoms with Crippen LogP contribution in [0.1, 0.15) is 5.56 Å². The molecule has 0 aliphatic heterocycles. The van der Waals surface area contributed by atoms with Crippen LogP contribution in [-0.2, 0) is 11.0 Å². The maximum absolute atomic E-state index is 13.5. The van der Waals surface area contributed by atoms with Gasteiger partial charge in [-0.25, -0.2) is 4.39 Å². The Morgan fingerprint density at radius 1 is 1.20 bits per heavy atom. The molecule has 0 radical (unpaired) electrons. The fourth-order valence-corrected chi connectivity index (χ4v) is 1.82. The van der Waals surface area contributed by atoms with Crippen LogP contribution in [0.4, 0.5) is 28.9 Å². The van der Waals surface area contributed by atoms with E-state index in [1.807, 2.05) is 0 Å². The molecule has 0 aromatic heterocycles. The molecule has 6 nitrogen and oxygen atoms in total. The second-order valence-corrected chi connectivity index (χ2v) is 4.78. The quantitative estimate of drug-likeness (QED) is 0.501. The van der Waals surface area contributed by atoms with Gasteiger partial charge in [0.1, 0.15) is 11.6 Å². The Bertz CT molecular complexity index is 808.